The first-order chi connectivity index (χ1) is 11.7. The van der Waals surface area contributed by atoms with Gasteiger partial charge in [-0.05, 0) is 56.5 Å². The third-order valence-electron chi connectivity index (χ3n) is 3.92. The molecular weight excluding hydrogens is 356 g/mol. The van der Waals surface area contributed by atoms with Crippen LogP contribution >= 0.6 is 11.3 Å². The molecule has 7 heteroatoms. The van der Waals surface area contributed by atoms with Gasteiger partial charge in [0.05, 0.1) is 10.6 Å². The highest BCUT2D eigenvalue weighted by molar-refractivity contribution is 7.88. The normalized spacial score (nSPS) is 12.8. The number of sulfonamides is 1. The van der Waals surface area contributed by atoms with Crippen molar-refractivity contribution in [2.75, 3.05) is 5.32 Å². The Kier molecular flexibility index (Phi) is 6.37. The number of thiophene rings is 1. The first-order valence-electron chi connectivity index (χ1n) is 8.17. The second-order valence-electron chi connectivity index (χ2n) is 6.19. The van der Waals surface area contributed by atoms with Gasteiger partial charge >= 0.3 is 0 Å². The lowest BCUT2D eigenvalue weighted by Gasteiger charge is -2.12. The lowest BCUT2D eigenvalue weighted by molar-refractivity contribution is 0.103. The topological polar surface area (TPSA) is 75.3 Å². The first-order valence-corrected chi connectivity index (χ1v) is 10.6. The fourth-order valence-corrected chi connectivity index (χ4v) is 4.68. The predicted molar refractivity (Wildman–Crippen MR) is 104 cm³/mol. The molecule has 5 nitrogen and oxygen atoms in total. The van der Waals surface area contributed by atoms with Gasteiger partial charge in [-0.25, -0.2) is 13.1 Å². The minimum absolute atomic E-state index is 0.0989. The second kappa shape index (κ2) is 8.12. The van der Waals surface area contributed by atoms with Crippen molar-refractivity contribution < 1.29 is 13.2 Å². The molecule has 1 heterocycles. The molecule has 0 aliphatic heterocycles. The summed E-state index contributed by atoms with van der Waals surface area (Å²) >= 11 is 1.45. The molecule has 0 saturated carbocycles. The van der Waals surface area contributed by atoms with Gasteiger partial charge in [-0.3, -0.25) is 4.79 Å². The van der Waals surface area contributed by atoms with Crippen molar-refractivity contribution in [2.45, 2.75) is 45.9 Å². The predicted octanol–water partition coefficient (Wildman–Crippen LogP) is 3.84. The third-order valence-corrected chi connectivity index (χ3v) is 6.55. The quantitative estimate of drug-likeness (QED) is 0.766. The lowest BCUT2D eigenvalue weighted by atomic mass is 10.2. The van der Waals surface area contributed by atoms with Crippen molar-refractivity contribution in [1.29, 1.82) is 0 Å². The van der Waals surface area contributed by atoms with Crippen molar-refractivity contribution in [2.24, 2.45) is 0 Å². The Balaban J connectivity index is 2.09. The van der Waals surface area contributed by atoms with Gasteiger partial charge < -0.3 is 5.32 Å². The van der Waals surface area contributed by atoms with Crippen LogP contribution in [0.1, 0.15) is 45.9 Å². The number of carbonyl (C=O) groups excluding carboxylic acids is 1. The van der Waals surface area contributed by atoms with Gasteiger partial charge in [0, 0.05) is 16.6 Å². The molecule has 0 radical (unpaired) electrons. The smallest absolute Gasteiger partial charge is 0.265 e. The van der Waals surface area contributed by atoms with E-state index in [-0.39, 0.29) is 17.7 Å². The molecule has 0 aliphatic carbocycles. The maximum Gasteiger partial charge on any atom is 0.265 e. The van der Waals surface area contributed by atoms with Gasteiger partial charge in [-0.1, -0.05) is 19.1 Å². The number of benzene rings is 1. The molecular formula is C18H24N2O3S2. The summed E-state index contributed by atoms with van der Waals surface area (Å²) in [7, 11) is -3.41. The largest absolute Gasteiger partial charge is 0.321 e. The second-order valence-corrected chi connectivity index (χ2v) is 9.20. The van der Waals surface area contributed by atoms with Crippen LogP contribution in [0.3, 0.4) is 0 Å². The van der Waals surface area contributed by atoms with E-state index in [2.05, 4.69) is 10.0 Å². The van der Waals surface area contributed by atoms with Gasteiger partial charge in [0.15, 0.2) is 0 Å². The van der Waals surface area contributed by atoms with E-state index in [1.165, 1.54) is 11.3 Å². The Morgan fingerprint density at radius 2 is 1.96 bits per heavy atom. The third kappa shape index (κ3) is 5.66. The number of aryl methyl sites for hydroxylation is 2. The van der Waals surface area contributed by atoms with E-state index in [1.807, 2.05) is 33.8 Å². The molecule has 1 aromatic carbocycles. The van der Waals surface area contributed by atoms with E-state index in [0.717, 1.165) is 16.9 Å². The van der Waals surface area contributed by atoms with Crippen molar-refractivity contribution in [1.82, 2.24) is 4.72 Å². The molecule has 136 valence electrons. The summed E-state index contributed by atoms with van der Waals surface area (Å²) in [4.78, 5) is 14.1. The zero-order chi connectivity index (χ0) is 18.6. The zero-order valence-corrected chi connectivity index (χ0v) is 16.6. The van der Waals surface area contributed by atoms with Crippen LogP contribution in [0, 0.1) is 13.8 Å². The van der Waals surface area contributed by atoms with Crippen molar-refractivity contribution in [3.8, 4) is 0 Å². The summed E-state index contributed by atoms with van der Waals surface area (Å²) in [6, 6.07) is 8.70. The summed E-state index contributed by atoms with van der Waals surface area (Å²) in [6.45, 7) is 7.71. The number of amides is 1. The molecule has 2 N–H and O–H groups in total. The first kappa shape index (κ1) is 19.6. The average molecular weight is 381 g/mol. The molecule has 25 heavy (non-hydrogen) atoms. The molecule has 0 fully saturated rings. The van der Waals surface area contributed by atoms with Crippen LogP contribution in [0.25, 0.3) is 0 Å². The molecule has 0 unspecified atom stereocenters. The van der Waals surface area contributed by atoms with Crippen LogP contribution in [0.4, 0.5) is 5.69 Å². The maximum absolute atomic E-state index is 12.3. The summed E-state index contributed by atoms with van der Waals surface area (Å²) in [5, 5.41) is 2.83. The van der Waals surface area contributed by atoms with E-state index in [0.29, 0.717) is 16.1 Å². The van der Waals surface area contributed by atoms with Gasteiger partial charge in [0.2, 0.25) is 10.0 Å². The number of anilines is 1. The minimum atomic E-state index is -3.41. The Hall–Kier alpha value is -1.70. The maximum atomic E-state index is 12.3. The average Bonchev–Trinajstić information content (AvgIpc) is 2.86. The van der Waals surface area contributed by atoms with Crippen LogP contribution in [-0.4, -0.2) is 20.4 Å². The van der Waals surface area contributed by atoms with Crippen molar-refractivity contribution in [3.05, 3.63) is 51.2 Å². The van der Waals surface area contributed by atoms with Crippen LogP contribution < -0.4 is 10.0 Å². The summed E-state index contributed by atoms with van der Waals surface area (Å²) in [5.41, 5.74) is 2.31. The van der Waals surface area contributed by atoms with E-state index in [4.69, 9.17) is 0 Å². The number of hydrogen-bond acceptors (Lipinski definition) is 4. The van der Waals surface area contributed by atoms with E-state index in [9.17, 15) is 13.2 Å². The van der Waals surface area contributed by atoms with Gasteiger partial charge in [-0.15, -0.1) is 11.3 Å². The Morgan fingerprint density at radius 1 is 1.24 bits per heavy atom. The van der Waals surface area contributed by atoms with E-state index in [1.54, 1.807) is 24.3 Å². The molecule has 0 bridgehead atoms. The number of rotatable bonds is 7. The summed E-state index contributed by atoms with van der Waals surface area (Å²) in [6.07, 6.45) is 0.731. The highest BCUT2D eigenvalue weighted by Gasteiger charge is 2.15. The monoisotopic (exact) mass is 380 g/mol. The molecule has 0 aliphatic rings. The minimum Gasteiger partial charge on any atom is -0.321 e. The molecule has 0 spiro atoms. The molecule has 1 aromatic heterocycles. The molecule has 2 aromatic rings. The highest BCUT2D eigenvalue weighted by Crippen LogP contribution is 2.22. The number of nitrogens with one attached hydrogen (secondary N) is 2. The van der Waals surface area contributed by atoms with Gasteiger partial charge in [0.25, 0.3) is 5.91 Å². The van der Waals surface area contributed by atoms with Gasteiger partial charge in [-0.2, -0.15) is 0 Å². The molecule has 1 amide bonds. The Morgan fingerprint density at radius 3 is 2.56 bits per heavy atom. The fraction of sp³-hybridized carbons (Fsp3) is 0.389. The molecule has 0 saturated heterocycles. The van der Waals surface area contributed by atoms with Crippen LogP contribution in [-0.2, 0) is 15.8 Å². The SMILES string of the molecule is CC[C@@H](C)NS(=O)(=O)Cc1cccc(NC(=O)c2cc(C)c(C)s2)c1. The molecule has 2 rings (SSSR count). The zero-order valence-electron chi connectivity index (χ0n) is 14.9. The fourth-order valence-electron chi connectivity index (χ4n) is 2.27. The highest BCUT2D eigenvalue weighted by atomic mass is 32.2. The Bertz CT molecular complexity index is 837. The van der Waals surface area contributed by atoms with Crippen molar-refractivity contribution in [3.63, 3.8) is 0 Å². The van der Waals surface area contributed by atoms with Gasteiger partial charge in [0.1, 0.15) is 0 Å². The van der Waals surface area contributed by atoms with E-state index >= 15 is 0 Å². The number of hydrogen-bond donors (Lipinski definition) is 2. The standard InChI is InChI=1S/C18H24N2O3S2/c1-5-13(3)20-25(22,23)11-15-7-6-8-16(10-15)19-18(21)17-9-12(2)14(4)24-17/h6-10,13,20H,5,11H2,1-4H3,(H,19,21)/t13-/m1/s1. The lowest BCUT2D eigenvalue weighted by Crippen LogP contribution is -2.32. The van der Waals surface area contributed by atoms with Crippen molar-refractivity contribution >= 4 is 33.0 Å². The molecule has 1 atom stereocenters. The Labute approximate surface area is 153 Å². The summed E-state index contributed by atoms with van der Waals surface area (Å²) < 4.78 is 27.0. The number of carbonyl (C=O) groups is 1. The summed E-state index contributed by atoms with van der Waals surface area (Å²) in [5.74, 6) is -0.294. The van der Waals surface area contributed by atoms with E-state index < -0.39 is 10.0 Å². The van der Waals surface area contributed by atoms with Crippen LogP contribution in [0.5, 0.6) is 0 Å². The van der Waals surface area contributed by atoms with Crippen LogP contribution in [0.15, 0.2) is 30.3 Å². The van der Waals surface area contributed by atoms with Crippen LogP contribution in [0.2, 0.25) is 0 Å².